The van der Waals surface area contributed by atoms with E-state index in [0.717, 1.165) is 16.5 Å². The highest BCUT2D eigenvalue weighted by atomic mass is 16.2. The molecule has 1 aromatic heterocycles. The number of H-pyrrole nitrogens is 1. The third-order valence-corrected chi connectivity index (χ3v) is 4.30. The van der Waals surface area contributed by atoms with Crippen LogP contribution < -0.4 is 16.0 Å². The average Bonchev–Trinajstić information content (AvgIpc) is 3.08. The van der Waals surface area contributed by atoms with Gasteiger partial charge in [0.2, 0.25) is 5.91 Å². The molecule has 27 heavy (non-hydrogen) atoms. The number of carbonyl (C=O) groups is 3. The molecular formula is C20H20N4O3. The van der Waals surface area contributed by atoms with Crippen molar-refractivity contribution in [1.82, 2.24) is 10.3 Å². The van der Waals surface area contributed by atoms with E-state index in [-0.39, 0.29) is 13.0 Å². The van der Waals surface area contributed by atoms with Crippen LogP contribution in [0.25, 0.3) is 10.9 Å². The molecule has 0 aliphatic carbocycles. The monoisotopic (exact) mass is 364 g/mol. The van der Waals surface area contributed by atoms with Crippen molar-refractivity contribution >= 4 is 34.8 Å². The molecule has 0 saturated carbocycles. The van der Waals surface area contributed by atoms with Gasteiger partial charge >= 0.3 is 6.03 Å². The molecule has 3 amide bonds. The Bertz CT molecular complexity index is 952. The first-order valence-corrected chi connectivity index (χ1v) is 8.51. The number of nitrogens with two attached hydrogens (primary N) is 1. The van der Waals surface area contributed by atoms with E-state index >= 15 is 0 Å². The van der Waals surface area contributed by atoms with Crippen LogP contribution in [-0.4, -0.2) is 35.8 Å². The van der Waals surface area contributed by atoms with E-state index in [4.69, 9.17) is 5.73 Å². The van der Waals surface area contributed by atoms with Crippen molar-refractivity contribution in [3.05, 3.63) is 66.4 Å². The number of urea groups is 1. The fourth-order valence-corrected chi connectivity index (χ4v) is 3.09. The number of aromatic nitrogens is 1. The van der Waals surface area contributed by atoms with E-state index in [9.17, 15) is 14.4 Å². The Labute approximate surface area is 156 Å². The van der Waals surface area contributed by atoms with Crippen molar-refractivity contribution in [1.29, 1.82) is 0 Å². The summed E-state index contributed by atoms with van der Waals surface area (Å²) < 4.78 is 0. The molecule has 1 unspecified atom stereocenters. The molecule has 0 spiro atoms. The number of primary amides is 1. The number of nitrogens with zero attached hydrogens (tertiary/aromatic N) is 1. The van der Waals surface area contributed by atoms with E-state index in [0.29, 0.717) is 12.0 Å². The molecule has 2 aromatic carbocycles. The number of nitrogens with one attached hydrogen (secondary N) is 2. The van der Waals surface area contributed by atoms with Gasteiger partial charge in [-0.05, 0) is 23.8 Å². The molecule has 4 N–H and O–H groups in total. The number of para-hydroxylation sites is 2. The molecule has 0 radical (unpaired) electrons. The minimum atomic E-state index is -0.901. The molecule has 138 valence electrons. The third kappa shape index (κ3) is 4.14. The van der Waals surface area contributed by atoms with E-state index in [2.05, 4.69) is 10.3 Å². The summed E-state index contributed by atoms with van der Waals surface area (Å²) in [5.74, 6) is -0.405. The number of anilines is 1. The number of rotatable bonds is 7. The van der Waals surface area contributed by atoms with Crippen LogP contribution in [-0.2, 0) is 16.0 Å². The lowest BCUT2D eigenvalue weighted by Crippen LogP contribution is -2.51. The van der Waals surface area contributed by atoms with Crippen LogP contribution in [0.5, 0.6) is 0 Å². The summed E-state index contributed by atoms with van der Waals surface area (Å²) in [4.78, 5) is 40.2. The van der Waals surface area contributed by atoms with Gasteiger partial charge in [-0.15, -0.1) is 0 Å². The Morgan fingerprint density at radius 1 is 1.11 bits per heavy atom. The van der Waals surface area contributed by atoms with Crippen LogP contribution in [0.3, 0.4) is 0 Å². The Morgan fingerprint density at radius 3 is 2.52 bits per heavy atom. The number of hydrogen-bond donors (Lipinski definition) is 3. The highest BCUT2D eigenvalue weighted by Crippen LogP contribution is 2.21. The highest BCUT2D eigenvalue weighted by Gasteiger charge is 2.27. The fraction of sp³-hybridized carbons (Fsp3) is 0.150. The zero-order valence-electron chi connectivity index (χ0n) is 14.6. The summed E-state index contributed by atoms with van der Waals surface area (Å²) in [7, 11) is 0. The molecule has 1 heterocycles. The molecule has 0 aliphatic rings. The Morgan fingerprint density at radius 2 is 1.81 bits per heavy atom. The first-order valence-electron chi connectivity index (χ1n) is 8.51. The van der Waals surface area contributed by atoms with Gasteiger partial charge in [0.1, 0.15) is 12.3 Å². The number of aromatic amines is 1. The van der Waals surface area contributed by atoms with Crippen molar-refractivity contribution in [2.24, 2.45) is 5.73 Å². The molecular weight excluding hydrogens is 344 g/mol. The SMILES string of the molecule is NC(=O)NC(Cc1c[nH]c2ccccc12)C(=O)N(CC=O)c1ccccc1. The predicted octanol–water partition coefficient (Wildman–Crippen LogP) is 1.98. The molecule has 0 bridgehead atoms. The molecule has 7 heteroatoms. The van der Waals surface area contributed by atoms with E-state index in [1.807, 2.05) is 30.3 Å². The van der Waals surface area contributed by atoms with Gasteiger partial charge in [-0.3, -0.25) is 4.79 Å². The van der Waals surface area contributed by atoms with Crippen molar-refractivity contribution in [3.8, 4) is 0 Å². The zero-order valence-corrected chi connectivity index (χ0v) is 14.6. The average molecular weight is 364 g/mol. The maximum Gasteiger partial charge on any atom is 0.312 e. The van der Waals surface area contributed by atoms with Crippen LogP contribution in [0.4, 0.5) is 10.5 Å². The minimum Gasteiger partial charge on any atom is -0.361 e. The van der Waals surface area contributed by atoms with Crippen molar-refractivity contribution < 1.29 is 14.4 Å². The lowest BCUT2D eigenvalue weighted by atomic mass is 10.0. The first-order chi connectivity index (χ1) is 13.1. The van der Waals surface area contributed by atoms with Gasteiger partial charge in [-0.1, -0.05) is 36.4 Å². The van der Waals surface area contributed by atoms with E-state index < -0.39 is 18.0 Å². The van der Waals surface area contributed by atoms with Crippen LogP contribution >= 0.6 is 0 Å². The van der Waals surface area contributed by atoms with Gasteiger partial charge < -0.3 is 25.7 Å². The molecule has 3 rings (SSSR count). The van der Waals surface area contributed by atoms with Crippen LogP contribution in [0, 0.1) is 0 Å². The largest absolute Gasteiger partial charge is 0.361 e. The number of benzene rings is 2. The number of amides is 3. The maximum atomic E-state index is 13.1. The first kappa shape index (κ1) is 18.2. The summed E-state index contributed by atoms with van der Waals surface area (Å²) in [6, 6.07) is 14.8. The number of hydrogen-bond acceptors (Lipinski definition) is 3. The molecule has 0 aliphatic heterocycles. The van der Waals surface area contributed by atoms with Crippen LogP contribution in [0.1, 0.15) is 5.56 Å². The molecule has 1 atom stereocenters. The van der Waals surface area contributed by atoms with Crippen LogP contribution in [0.2, 0.25) is 0 Å². The number of fused-ring (bicyclic) bond motifs is 1. The topological polar surface area (TPSA) is 108 Å². The van der Waals surface area contributed by atoms with Gasteiger partial charge in [0.25, 0.3) is 0 Å². The Hall–Kier alpha value is -3.61. The summed E-state index contributed by atoms with van der Waals surface area (Å²) in [6.07, 6.45) is 2.70. The van der Waals surface area contributed by atoms with Crippen molar-refractivity contribution in [3.63, 3.8) is 0 Å². The van der Waals surface area contributed by atoms with E-state index in [1.165, 1.54) is 4.90 Å². The van der Waals surface area contributed by atoms with Crippen molar-refractivity contribution in [2.45, 2.75) is 12.5 Å². The Kier molecular flexibility index (Phi) is 5.51. The summed E-state index contributed by atoms with van der Waals surface area (Å²) >= 11 is 0. The standard InChI is InChI=1S/C20H20N4O3/c21-20(27)23-18(12-14-13-22-17-9-5-4-8-16(14)17)19(26)24(10-11-25)15-6-2-1-3-7-15/h1-9,11,13,18,22H,10,12H2,(H3,21,23,27). The fourth-order valence-electron chi connectivity index (χ4n) is 3.09. The second kappa shape index (κ2) is 8.18. The molecule has 0 saturated heterocycles. The lowest BCUT2D eigenvalue weighted by molar-refractivity contribution is -0.121. The smallest absolute Gasteiger partial charge is 0.312 e. The summed E-state index contributed by atoms with van der Waals surface area (Å²) in [6.45, 7) is -0.117. The second-order valence-corrected chi connectivity index (χ2v) is 6.08. The lowest BCUT2D eigenvalue weighted by Gasteiger charge is -2.26. The van der Waals surface area contributed by atoms with Gasteiger partial charge in [-0.25, -0.2) is 4.79 Å². The zero-order chi connectivity index (χ0) is 19.2. The third-order valence-electron chi connectivity index (χ3n) is 4.30. The Balaban J connectivity index is 1.91. The molecule has 7 nitrogen and oxygen atoms in total. The second-order valence-electron chi connectivity index (χ2n) is 6.08. The van der Waals surface area contributed by atoms with E-state index in [1.54, 1.807) is 30.5 Å². The molecule has 3 aromatic rings. The summed E-state index contributed by atoms with van der Waals surface area (Å²) in [5, 5.41) is 3.47. The minimum absolute atomic E-state index is 0.117. The van der Waals surface area contributed by atoms with Gasteiger partial charge in [0, 0.05) is 29.2 Å². The van der Waals surface area contributed by atoms with Crippen molar-refractivity contribution in [2.75, 3.05) is 11.4 Å². The quantitative estimate of drug-likeness (QED) is 0.558. The summed E-state index contributed by atoms with van der Waals surface area (Å²) in [5.41, 5.74) is 7.67. The van der Waals surface area contributed by atoms with Gasteiger partial charge in [0.15, 0.2) is 0 Å². The highest BCUT2D eigenvalue weighted by molar-refractivity contribution is 6.01. The van der Waals surface area contributed by atoms with Gasteiger partial charge in [-0.2, -0.15) is 0 Å². The predicted molar refractivity (Wildman–Crippen MR) is 103 cm³/mol. The van der Waals surface area contributed by atoms with Gasteiger partial charge in [0.05, 0.1) is 6.54 Å². The molecule has 0 fully saturated rings. The van der Waals surface area contributed by atoms with Crippen LogP contribution in [0.15, 0.2) is 60.8 Å². The maximum absolute atomic E-state index is 13.1. The number of aldehydes is 1. The normalized spacial score (nSPS) is 11.7. The number of carbonyl (C=O) groups excluding carboxylic acids is 3.